The minimum absolute atomic E-state index is 0.0245. The van der Waals surface area contributed by atoms with Gasteiger partial charge >= 0.3 is 5.97 Å². The molecule has 48 heavy (non-hydrogen) atoms. The molecule has 0 bridgehead atoms. The van der Waals surface area contributed by atoms with Crippen LogP contribution < -0.4 is 0 Å². The van der Waals surface area contributed by atoms with Crippen LogP contribution in [0.2, 0.25) is 0 Å². The molecule has 276 valence electrons. The van der Waals surface area contributed by atoms with Gasteiger partial charge in [0.15, 0.2) is 6.29 Å². The van der Waals surface area contributed by atoms with Gasteiger partial charge < -0.3 is 44.5 Å². The molecule has 10 heteroatoms. The number of hydrogen-bond donors (Lipinski definition) is 5. The smallest absolute Gasteiger partial charge is 0.302 e. The molecule has 0 aromatic heterocycles. The van der Waals surface area contributed by atoms with E-state index in [-0.39, 0.29) is 63.4 Å². The average Bonchev–Trinajstić information content (AvgIpc) is 3.55. The molecule has 0 amide bonds. The van der Waals surface area contributed by atoms with Gasteiger partial charge in [-0.15, -0.1) is 0 Å². The van der Waals surface area contributed by atoms with Crippen molar-refractivity contribution in [3.63, 3.8) is 0 Å². The van der Waals surface area contributed by atoms with Crippen molar-refractivity contribution >= 4 is 5.97 Å². The lowest BCUT2D eigenvalue weighted by Crippen LogP contribution is -2.69. The summed E-state index contributed by atoms with van der Waals surface area (Å²) in [5, 5.41) is 52.5. The van der Waals surface area contributed by atoms with E-state index in [0.29, 0.717) is 18.3 Å². The van der Waals surface area contributed by atoms with Gasteiger partial charge in [0.05, 0.1) is 30.0 Å². The monoisotopic (exact) mass is 680 g/mol. The van der Waals surface area contributed by atoms with Crippen molar-refractivity contribution in [1.29, 1.82) is 0 Å². The van der Waals surface area contributed by atoms with Gasteiger partial charge in [-0.25, -0.2) is 0 Å². The number of carbonyl (C=O) groups is 1. The molecule has 0 aromatic carbocycles. The van der Waals surface area contributed by atoms with Crippen molar-refractivity contribution in [1.82, 2.24) is 0 Å². The van der Waals surface area contributed by atoms with Gasteiger partial charge in [-0.1, -0.05) is 34.6 Å². The molecule has 5 N–H and O–H groups in total. The van der Waals surface area contributed by atoms with E-state index >= 15 is 0 Å². The Bertz CT molecular complexity index is 1220. The lowest BCUT2D eigenvalue weighted by Gasteiger charge is -2.71. The van der Waals surface area contributed by atoms with Crippen LogP contribution in [0.5, 0.6) is 0 Å². The molecule has 4 aliphatic carbocycles. The molecule has 0 spiro atoms. The first-order chi connectivity index (χ1) is 22.1. The summed E-state index contributed by atoms with van der Waals surface area (Å²) < 4.78 is 25.1. The topological polar surface area (TPSA) is 155 Å². The van der Waals surface area contributed by atoms with Crippen LogP contribution >= 0.6 is 0 Å². The number of esters is 1. The minimum atomic E-state index is -1.47. The van der Waals surface area contributed by atoms with Gasteiger partial charge in [-0.3, -0.25) is 4.79 Å². The van der Waals surface area contributed by atoms with Gasteiger partial charge in [0.25, 0.3) is 0 Å². The summed E-state index contributed by atoms with van der Waals surface area (Å²) in [7, 11) is 0. The van der Waals surface area contributed by atoms with Gasteiger partial charge in [-0.05, 0) is 118 Å². The number of aliphatic hydroxyl groups is 5. The van der Waals surface area contributed by atoms with Gasteiger partial charge in [-0.2, -0.15) is 0 Å². The van der Waals surface area contributed by atoms with E-state index in [1.54, 1.807) is 0 Å². The second-order valence-corrected chi connectivity index (χ2v) is 18.8. The van der Waals surface area contributed by atoms with Gasteiger partial charge in [0.2, 0.25) is 0 Å². The lowest BCUT2D eigenvalue weighted by atomic mass is 9.35. The first-order valence-electron chi connectivity index (χ1n) is 18.7. The Morgan fingerprint density at radius 3 is 2.15 bits per heavy atom. The van der Waals surface area contributed by atoms with Crippen LogP contribution in [0.25, 0.3) is 0 Å². The molecule has 0 aromatic rings. The predicted molar refractivity (Wildman–Crippen MR) is 177 cm³/mol. The van der Waals surface area contributed by atoms with E-state index < -0.39 is 42.9 Å². The molecule has 2 saturated heterocycles. The Morgan fingerprint density at radius 1 is 0.875 bits per heavy atom. The number of rotatable bonds is 6. The lowest BCUT2D eigenvalue weighted by molar-refractivity contribution is -0.321. The highest BCUT2D eigenvalue weighted by molar-refractivity contribution is 5.66. The summed E-state index contributed by atoms with van der Waals surface area (Å²) >= 11 is 0. The summed E-state index contributed by atoms with van der Waals surface area (Å²) in [5.74, 6) is 0.746. The zero-order valence-corrected chi connectivity index (χ0v) is 30.8. The van der Waals surface area contributed by atoms with E-state index in [1.165, 1.54) is 6.92 Å². The molecule has 2 heterocycles. The van der Waals surface area contributed by atoms with Crippen molar-refractivity contribution in [2.45, 2.75) is 180 Å². The van der Waals surface area contributed by atoms with Crippen LogP contribution in [-0.2, 0) is 23.7 Å². The second-order valence-electron chi connectivity index (χ2n) is 18.8. The summed E-state index contributed by atoms with van der Waals surface area (Å²) in [6.45, 7) is 18.8. The van der Waals surface area contributed by atoms with Crippen LogP contribution in [0.1, 0.15) is 120 Å². The molecule has 4 saturated carbocycles. The average molecular weight is 681 g/mol. The maximum absolute atomic E-state index is 12.8. The number of hydrogen-bond acceptors (Lipinski definition) is 10. The highest BCUT2D eigenvalue weighted by atomic mass is 16.7. The zero-order valence-electron chi connectivity index (χ0n) is 30.8. The molecule has 0 unspecified atom stereocenters. The normalized spacial score (nSPS) is 53.5. The molecule has 6 fully saturated rings. The Balaban J connectivity index is 1.29. The highest BCUT2D eigenvalue weighted by Crippen LogP contribution is 2.76. The first kappa shape index (κ1) is 36.9. The Kier molecular flexibility index (Phi) is 9.31. The standard InChI is InChI=1S/C38H64O10/c1-20(40)45-23-18-22-21(38(9)17-13-27(48-38)34(4,5)44)10-15-36(22,7)37(8)16-11-25-33(2,3)26(12-14-35(25,6)31(23)37)47-30-29(42)28(41)24(19-39)46-32(30)43/h21-32,39,41-44H,10-19H2,1-9H3/t21-,22+,23-,24+,25-,26-,27+,28+,29-,30+,31+,32+,35-,36+,37+,38-/m0/s1. The van der Waals surface area contributed by atoms with E-state index in [1.807, 2.05) is 13.8 Å². The maximum Gasteiger partial charge on any atom is 0.302 e. The summed E-state index contributed by atoms with van der Waals surface area (Å²) in [6.07, 6.45) is 1.01. The highest BCUT2D eigenvalue weighted by Gasteiger charge is 2.73. The fourth-order valence-corrected chi connectivity index (χ4v) is 13.1. The first-order valence-corrected chi connectivity index (χ1v) is 18.7. The number of carbonyl (C=O) groups excluding carboxylic acids is 1. The van der Waals surface area contributed by atoms with Gasteiger partial charge in [0, 0.05) is 12.8 Å². The molecule has 6 rings (SSSR count). The van der Waals surface area contributed by atoms with Gasteiger partial charge in [0.1, 0.15) is 30.5 Å². The van der Waals surface area contributed by atoms with Crippen molar-refractivity contribution in [3.8, 4) is 0 Å². The SMILES string of the molecule is CC(=O)O[C@H]1C[C@@H]2[C@@H]([C@]3(C)CC[C@H](C(C)(C)O)O3)CC[C@@]2(C)[C@]2(C)CC[C@H]3C(C)(C)[C@@H](O[C@@H]4[C@@H](O)[C@H](O)[C@@H](CO)O[C@H]4O)CC[C@]3(C)[C@@H]12. The number of aliphatic hydroxyl groups excluding tert-OH is 4. The summed E-state index contributed by atoms with van der Waals surface area (Å²) in [6, 6.07) is 0. The second kappa shape index (κ2) is 12.1. The third-order valence-electron chi connectivity index (χ3n) is 15.6. The molecule has 16 atom stereocenters. The summed E-state index contributed by atoms with van der Waals surface area (Å²) in [5.41, 5.74) is -1.81. The van der Waals surface area contributed by atoms with E-state index in [2.05, 4.69) is 41.5 Å². The Labute approximate surface area is 287 Å². The van der Waals surface area contributed by atoms with Crippen molar-refractivity contribution in [2.24, 2.45) is 45.3 Å². The molecule has 0 radical (unpaired) electrons. The maximum atomic E-state index is 12.8. The van der Waals surface area contributed by atoms with E-state index in [4.69, 9.17) is 18.9 Å². The Morgan fingerprint density at radius 2 is 1.54 bits per heavy atom. The fourth-order valence-electron chi connectivity index (χ4n) is 13.1. The number of fused-ring (bicyclic) bond motifs is 5. The zero-order chi connectivity index (χ0) is 35.4. The molecular weight excluding hydrogens is 616 g/mol. The van der Waals surface area contributed by atoms with Crippen LogP contribution in [-0.4, -0.2) is 98.3 Å². The Hall–Kier alpha value is -0.850. The van der Waals surface area contributed by atoms with Crippen LogP contribution in [0, 0.1) is 45.3 Å². The largest absolute Gasteiger partial charge is 0.462 e. The predicted octanol–water partition coefficient (Wildman–Crippen LogP) is 4.11. The molecule has 6 aliphatic rings. The van der Waals surface area contributed by atoms with Crippen LogP contribution in [0.15, 0.2) is 0 Å². The fraction of sp³-hybridized carbons (Fsp3) is 0.974. The van der Waals surface area contributed by atoms with E-state index in [9.17, 15) is 30.3 Å². The van der Waals surface area contributed by atoms with Crippen LogP contribution in [0.4, 0.5) is 0 Å². The molecule has 2 aliphatic heterocycles. The third-order valence-corrected chi connectivity index (χ3v) is 15.6. The van der Waals surface area contributed by atoms with E-state index in [0.717, 1.165) is 51.4 Å². The minimum Gasteiger partial charge on any atom is -0.462 e. The van der Waals surface area contributed by atoms with Crippen molar-refractivity contribution < 1.29 is 49.3 Å². The third kappa shape index (κ3) is 5.44. The van der Waals surface area contributed by atoms with Crippen molar-refractivity contribution in [3.05, 3.63) is 0 Å². The number of ether oxygens (including phenoxy) is 4. The molecule has 10 nitrogen and oxygen atoms in total. The van der Waals surface area contributed by atoms with Crippen LogP contribution in [0.3, 0.4) is 0 Å². The quantitative estimate of drug-likeness (QED) is 0.259. The molecular formula is C38H64O10. The summed E-state index contributed by atoms with van der Waals surface area (Å²) in [4.78, 5) is 12.8. The van der Waals surface area contributed by atoms with Crippen molar-refractivity contribution in [2.75, 3.05) is 6.61 Å².